The van der Waals surface area contributed by atoms with Gasteiger partial charge in [0.05, 0.1) is 12.2 Å². The molecule has 0 aromatic carbocycles. The standard InChI is InChI=1S/C21H31FO/c1-3-13-4-5-18-16-10-19(22)17-11-21(12-23-21)9-7-15(17)14(16)6-8-20(13,18)2/h3,14-19H,4-12H2,1-2H3/t14-,15-,16-,17-,18+,19-,20-,21?/m1/s1. The van der Waals surface area contributed by atoms with Gasteiger partial charge in [0.2, 0.25) is 0 Å². The largest absolute Gasteiger partial charge is 0.370 e. The van der Waals surface area contributed by atoms with Crippen LogP contribution < -0.4 is 0 Å². The molecule has 1 heterocycles. The molecule has 5 aliphatic rings. The summed E-state index contributed by atoms with van der Waals surface area (Å²) < 4.78 is 20.9. The smallest absolute Gasteiger partial charge is 0.104 e. The molecule has 0 aromatic rings. The fraction of sp³-hybridized carbons (Fsp3) is 0.905. The second-order valence-corrected chi connectivity index (χ2v) is 9.54. The molecule has 0 amide bonds. The lowest BCUT2D eigenvalue weighted by atomic mass is 9.49. The van der Waals surface area contributed by atoms with Crippen LogP contribution in [0.5, 0.6) is 0 Å². The molecule has 1 aliphatic heterocycles. The second-order valence-electron chi connectivity index (χ2n) is 9.54. The molecule has 5 rings (SSSR count). The van der Waals surface area contributed by atoms with Crippen LogP contribution in [0.2, 0.25) is 0 Å². The Labute approximate surface area is 140 Å². The van der Waals surface area contributed by atoms with Crippen LogP contribution in [-0.4, -0.2) is 18.4 Å². The quantitative estimate of drug-likeness (QED) is 0.436. The first kappa shape index (κ1) is 14.9. The molecular weight excluding hydrogens is 287 g/mol. The monoisotopic (exact) mass is 318 g/mol. The molecular formula is C21H31FO. The fourth-order valence-corrected chi connectivity index (χ4v) is 7.56. The predicted molar refractivity (Wildman–Crippen MR) is 89.8 cm³/mol. The molecule has 1 saturated heterocycles. The van der Waals surface area contributed by atoms with Crippen molar-refractivity contribution in [1.82, 2.24) is 0 Å². The number of alkyl halides is 1. The van der Waals surface area contributed by atoms with E-state index in [-0.39, 0.29) is 5.60 Å². The molecule has 4 saturated carbocycles. The van der Waals surface area contributed by atoms with Crippen molar-refractivity contribution in [1.29, 1.82) is 0 Å². The van der Waals surface area contributed by atoms with Gasteiger partial charge in [0.25, 0.3) is 0 Å². The Morgan fingerprint density at radius 3 is 2.57 bits per heavy atom. The maximum Gasteiger partial charge on any atom is 0.104 e. The van der Waals surface area contributed by atoms with Gasteiger partial charge in [0.15, 0.2) is 0 Å². The zero-order chi connectivity index (χ0) is 15.8. The number of fused-ring (bicyclic) bond motifs is 5. The lowest BCUT2D eigenvalue weighted by Crippen LogP contribution is -2.52. The highest BCUT2D eigenvalue weighted by Gasteiger charge is 2.60. The first-order valence-corrected chi connectivity index (χ1v) is 10.00. The summed E-state index contributed by atoms with van der Waals surface area (Å²) in [6.07, 6.45) is 11.4. The zero-order valence-corrected chi connectivity index (χ0v) is 14.7. The number of halogens is 1. The molecule has 5 fully saturated rings. The number of epoxide rings is 1. The van der Waals surface area contributed by atoms with Gasteiger partial charge in [0, 0.05) is 0 Å². The summed E-state index contributed by atoms with van der Waals surface area (Å²) in [5, 5.41) is 0. The molecule has 128 valence electrons. The van der Waals surface area contributed by atoms with Gasteiger partial charge in [-0.1, -0.05) is 18.6 Å². The number of rotatable bonds is 0. The van der Waals surface area contributed by atoms with E-state index in [2.05, 4.69) is 19.9 Å². The minimum Gasteiger partial charge on any atom is -0.370 e. The van der Waals surface area contributed by atoms with Gasteiger partial charge in [-0.05, 0) is 93.3 Å². The predicted octanol–water partition coefficient (Wildman–Crippen LogP) is 5.30. The number of hydrogen-bond donors (Lipinski definition) is 0. The number of hydrogen-bond acceptors (Lipinski definition) is 1. The van der Waals surface area contributed by atoms with E-state index >= 15 is 4.39 Å². The van der Waals surface area contributed by atoms with E-state index in [1.807, 2.05) is 0 Å². The SMILES string of the molecule is CC=C1CC[C@H]2[C@@H]3C[C@@H](F)[C@@H]4CC5(CC[C@@H]4[C@H]3CC[C@]12C)CO5. The van der Waals surface area contributed by atoms with Gasteiger partial charge in [-0.2, -0.15) is 0 Å². The van der Waals surface area contributed by atoms with Crippen molar-refractivity contribution in [3.8, 4) is 0 Å². The van der Waals surface area contributed by atoms with Crippen molar-refractivity contribution in [3.63, 3.8) is 0 Å². The summed E-state index contributed by atoms with van der Waals surface area (Å²) >= 11 is 0. The summed E-state index contributed by atoms with van der Waals surface area (Å²) in [5.74, 6) is 3.16. The minimum absolute atomic E-state index is 0.118. The Hall–Kier alpha value is -0.370. The van der Waals surface area contributed by atoms with Crippen molar-refractivity contribution < 1.29 is 9.13 Å². The number of allylic oxidation sites excluding steroid dienone is 2. The van der Waals surface area contributed by atoms with Crippen LogP contribution in [0.1, 0.15) is 65.2 Å². The average Bonchev–Trinajstić information content (AvgIpc) is 3.19. The maximum atomic E-state index is 15.2. The van der Waals surface area contributed by atoms with Crippen molar-refractivity contribution in [2.24, 2.45) is 35.0 Å². The molecule has 2 heteroatoms. The second kappa shape index (κ2) is 4.84. The van der Waals surface area contributed by atoms with Crippen molar-refractivity contribution in [2.45, 2.75) is 77.0 Å². The third kappa shape index (κ3) is 2.00. The molecule has 4 aliphatic carbocycles. The third-order valence-corrected chi connectivity index (χ3v) is 8.84. The van der Waals surface area contributed by atoms with E-state index in [0.717, 1.165) is 31.3 Å². The summed E-state index contributed by atoms with van der Waals surface area (Å²) in [7, 11) is 0. The lowest BCUT2D eigenvalue weighted by molar-refractivity contribution is -0.0874. The van der Waals surface area contributed by atoms with Crippen LogP contribution in [0.4, 0.5) is 4.39 Å². The first-order chi connectivity index (χ1) is 11.1. The Morgan fingerprint density at radius 1 is 1.09 bits per heavy atom. The fourth-order valence-electron chi connectivity index (χ4n) is 7.56. The van der Waals surface area contributed by atoms with Gasteiger partial charge in [-0.25, -0.2) is 4.39 Å². The molecule has 0 aromatic heterocycles. The van der Waals surface area contributed by atoms with E-state index in [0.29, 0.717) is 23.2 Å². The van der Waals surface area contributed by atoms with Crippen LogP contribution in [0.3, 0.4) is 0 Å². The van der Waals surface area contributed by atoms with Crippen LogP contribution in [0.25, 0.3) is 0 Å². The molecule has 1 unspecified atom stereocenters. The number of ether oxygens (including phenoxy) is 1. The Bertz CT molecular complexity index is 536. The normalized spacial score (nSPS) is 59.5. The topological polar surface area (TPSA) is 12.5 Å². The van der Waals surface area contributed by atoms with Gasteiger partial charge in [0.1, 0.15) is 6.17 Å². The van der Waals surface area contributed by atoms with Crippen LogP contribution in [0.15, 0.2) is 11.6 Å². The van der Waals surface area contributed by atoms with Crippen molar-refractivity contribution >= 4 is 0 Å². The van der Waals surface area contributed by atoms with Gasteiger partial charge in [-0.15, -0.1) is 0 Å². The van der Waals surface area contributed by atoms with E-state index in [1.54, 1.807) is 5.57 Å². The zero-order valence-electron chi connectivity index (χ0n) is 14.7. The summed E-state index contributed by atoms with van der Waals surface area (Å²) in [5.41, 5.74) is 2.18. The molecule has 1 nitrogen and oxygen atoms in total. The summed E-state index contributed by atoms with van der Waals surface area (Å²) in [6.45, 7) is 5.60. The highest BCUT2D eigenvalue weighted by atomic mass is 19.1. The van der Waals surface area contributed by atoms with E-state index in [4.69, 9.17) is 4.74 Å². The van der Waals surface area contributed by atoms with Gasteiger partial charge < -0.3 is 4.74 Å². The molecule has 0 N–H and O–H groups in total. The Balaban J connectivity index is 1.43. The summed E-state index contributed by atoms with van der Waals surface area (Å²) in [4.78, 5) is 0. The molecule has 23 heavy (non-hydrogen) atoms. The minimum atomic E-state index is -0.570. The Kier molecular flexibility index (Phi) is 3.14. The van der Waals surface area contributed by atoms with Crippen molar-refractivity contribution in [3.05, 3.63) is 11.6 Å². The molecule has 0 radical (unpaired) electrons. The maximum absolute atomic E-state index is 15.2. The first-order valence-electron chi connectivity index (χ1n) is 10.00. The highest BCUT2D eigenvalue weighted by Crippen LogP contribution is 2.65. The van der Waals surface area contributed by atoms with Crippen molar-refractivity contribution in [2.75, 3.05) is 6.61 Å². The van der Waals surface area contributed by atoms with E-state index < -0.39 is 6.17 Å². The lowest BCUT2D eigenvalue weighted by Gasteiger charge is -2.56. The third-order valence-electron chi connectivity index (χ3n) is 8.84. The van der Waals surface area contributed by atoms with Gasteiger partial charge in [-0.3, -0.25) is 0 Å². The van der Waals surface area contributed by atoms with Gasteiger partial charge >= 0.3 is 0 Å². The van der Waals surface area contributed by atoms with Crippen LogP contribution >= 0.6 is 0 Å². The van der Waals surface area contributed by atoms with E-state index in [9.17, 15) is 0 Å². The Morgan fingerprint density at radius 2 is 1.83 bits per heavy atom. The highest BCUT2D eigenvalue weighted by molar-refractivity contribution is 5.23. The molecule has 8 atom stereocenters. The molecule has 1 spiro atoms. The van der Waals surface area contributed by atoms with Crippen LogP contribution in [-0.2, 0) is 4.74 Å². The molecule has 0 bridgehead atoms. The van der Waals surface area contributed by atoms with Crippen LogP contribution in [0, 0.1) is 35.0 Å². The average molecular weight is 318 g/mol. The van der Waals surface area contributed by atoms with E-state index in [1.165, 1.54) is 38.5 Å². The summed E-state index contributed by atoms with van der Waals surface area (Å²) in [6, 6.07) is 0.